The first-order chi connectivity index (χ1) is 10.7. The van der Waals surface area contributed by atoms with Crippen LogP contribution in [0.2, 0.25) is 0 Å². The van der Waals surface area contributed by atoms with Gasteiger partial charge >= 0.3 is 0 Å². The molecule has 2 aromatic carbocycles. The van der Waals surface area contributed by atoms with Gasteiger partial charge in [0.1, 0.15) is 0 Å². The third-order valence-corrected chi connectivity index (χ3v) is 4.11. The number of hydrogen-bond donors (Lipinski definition) is 0. The van der Waals surface area contributed by atoms with Gasteiger partial charge in [-0.1, -0.05) is 17.3 Å². The highest BCUT2D eigenvalue weighted by Gasteiger charge is 2.14. The number of methoxy groups -OCH3 is 2. The van der Waals surface area contributed by atoms with Crippen LogP contribution >= 0.6 is 22.6 Å². The van der Waals surface area contributed by atoms with Crippen LogP contribution in [0.25, 0.3) is 22.8 Å². The van der Waals surface area contributed by atoms with E-state index in [0.717, 1.165) is 14.7 Å². The first kappa shape index (κ1) is 14.8. The molecule has 1 aromatic heterocycles. The molecule has 0 radical (unpaired) electrons. The molecule has 1 heterocycles. The molecule has 0 amide bonds. The summed E-state index contributed by atoms with van der Waals surface area (Å²) in [5.74, 6) is 2.29. The lowest BCUT2D eigenvalue weighted by Gasteiger charge is -2.07. The number of halogens is 1. The summed E-state index contributed by atoms with van der Waals surface area (Å²) < 4.78 is 17.0. The van der Waals surface area contributed by atoms with E-state index in [1.807, 2.05) is 42.5 Å². The van der Waals surface area contributed by atoms with Crippen molar-refractivity contribution in [2.45, 2.75) is 0 Å². The lowest BCUT2D eigenvalue weighted by atomic mass is 10.2. The lowest BCUT2D eigenvalue weighted by molar-refractivity contribution is 0.355. The topological polar surface area (TPSA) is 57.4 Å². The van der Waals surface area contributed by atoms with Crippen LogP contribution in [-0.2, 0) is 0 Å². The summed E-state index contributed by atoms with van der Waals surface area (Å²) in [4.78, 5) is 4.46. The van der Waals surface area contributed by atoms with Crippen LogP contribution in [0, 0.1) is 3.57 Å². The van der Waals surface area contributed by atoms with Gasteiger partial charge < -0.3 is 14.0 Å². The number of hydrogen-bond acceptors (Lipinski definition) is 5. The van der Waals surface area contributed by atoms with Gasteiger partial charge in [0.15, 0.2) is 11.5 Å². The Balaban J connectivity index is 1.99. The van der Waals surface area contributed by atoms with Gasteiger partial charge in [0.05, 0.1) is 19.8 Å². The molecule has 0 fully saturated rings. The van der Waals surface area contributed by atoms with Gasteiger partial charge in [0.2, 0.25) is 5.82 Å². The Bertz CT molecular complexity index is 802. The van der Waals surface area contributed by atoms with E-state index < -0.39 is 0 Å². The summed E-state index contributed by atoms with van der Waals surface area (Å²) in [7, 11) is 3.19. The molecule has 0 spiro atoms. The largest absolute Gasteiger partial charge is 0.493 e. The van der Waals surface area contributed by atoms with Crippen molar-refractivity contribution in [3.63, 3.8) is 0 Å². The Morgan fingerprint density at radius 3 is 2.50 bits per heavy atom. The van der Waals surface area contributed by atoms with E-state index in [2.05, 4.69) is 32.7 Å². The van der Waals surface area contributed by atoms with Crippen LogP contribution in [0.3, 0.4) is 0 Å². The molecule has 0 aliphatic rings. The quantitative estimate of drug-likeness (QED) is 0.611. The van der Waals surface area contributed by atoms with Crippen LogP contribution in [0.1, 0.15) is 0 Å². The molecular weight excluding hydrogens is 395 g/mol. The Kier molecular flexibility index (Phi) is 4.28. The van der Waals surface area contributed by atoms with Gasteiger partial charge in [-0.2, -0.15) is 4.98 Å². The molecule has 0 aliphatic carbocycles. The highest BCUT2D eigenvalue weighted by Crippen LogP contribution is 2.32. The Labute approximate surface area is 141 Å². The van der Waals surface area contributed by atoms with E-state index in [1.54, 1.807) is 14.2 Å². The summed E-state index contributed by atoms with van der Waals surface area (Å²) >= 11 is 2.24. The minimum absolute atomic E-state index is 0.495. The van der Waals surface area contributed by atoms with Gasteiger partial charge in [-0.3, -0.25) is 0 Å². The second-order valence-corrected chi connectivity index (χ2v) is 5.63. The average Bonchev–Trinajstić information content (AvgIpc) is 3.04. The minimum Gasteiger partial charge on any atom is -0.493 e. The molecule has 0 saturated carbocycles. The zero-order valence-corrected chi connectivity index (χ0v) is 14.2. The maximum Gasteiger partial charge on any atom is 0.259 e. The van der Waals surface area contributed by atoms with Crippen LogP contribution in [0.4, 0.5) is 0 Å². The monoisotopic (exact) mass is 408 g/mol. The van der Waals surface area contributed by atoms with Crippen molar-refractivity contribution < 1.29 is 14.0 Å². The summed E-state index contributed by atoms with van der Waals surface area (Å²) in [5, 5.41) is 4.05. The van der Waals surface area contributed by atoms with Crippen molar-refractivity contribution in [1.82, 2.24) is 10.1 Å². The molecule has 3 rings (SSSR count). The molecule has 0 unspecified atom stereocenters. The standard InChI is InChI=1S/C16H13IN2O3/c1-20-13-8-7-10(9-14(13)21-2)15-18-16(22-19-15)11-5-3-4-6-12(11)17/h3-9H,1-2H3. The molecule has 0 aliphatic heterocycles. The summed E-state index contributed by atoms with van der Waals surface area (Å²) in [6, 6.07) is 13.4. The predicted octanol–water partition coefficient (Wildman–Crippen LogP) is 4.03. The average molecular weight is 408 g/mol. The molecule has 0 saturated heterocycles. The molecule has 22 heavy (non-hydrogen) atoms. The minimum atomic E-state index is 0.495. The van der Waals surface area contributed by atoms with Crippen LogP contribution < -0.4 is 9.47 Å². The third-order valence-electron chi connectivity index (χ3n) is 3.17. The molecule has 0 N–H and O–H groups in total. The predicted molar refractivity (Wildman–Crippen MR) is 91.0 cm³/mol. The van der Waals surface area contributed by atoms with Gasteiger partial charge in [0, 0.05) is 9.13 Å². The van der Waals surface area contributed by atoms with E-state index in [4.69, 9.17) is 14.0 Å². The molecule has 6 heteroatoms. The SMILES string of the molecule is COc1ccc(-c2noc(-c3ccccc3I)n2)cc1OC. The summed E-state index contributed by atoms with van der Waals surface area (Å²) in [6.07, 6.45) is 0. The first-order valence-corrected chi connectivity index (χ1v) is 7.62. The van der Waals surface area contributed by atoms with E-state index >= 15 is 0 Å². The fourth-order valence-electron chi connectivity index (χ4n) is 2.06. The zero-order valence-electron chi connectivity index (χ0n) is 12.0. The number of aromatic nitrogens is 2. The number of rotatable bonds is 4. The summed E-state index contributed by atoms with van der Waals surface area (Å²) in [6.45, 7) is 0. The second kappa shape index (κ2) is 6.35. The molecular formula is C16H13IN2O3. The van der Waals surface area contributed by atoms with E-state index in [0.29, 0.717) is 23.2 Å². The van der Waals surface area contributed by atoms with Crippen molar-refractivity contribution in [1.29, 1.82) is 0 Å². The smallest absolute Gasteiger partial charge is 0.259 e. The maximum atomic E-state index is 5.38. The van der Waals surface area contributed by atoms with Gasteiger partial charge in [-0.15, -0.1) is 0 Å². The van der Waals surface area contributed by atoms with Crippen LogP contribution in [-0.4, -0.2) is 24.4 Å². The van der Waals surface area contributed by atoms with E-state index in [9.17, 15) is 0 Å². The van der Waals surface area contributed by atoms with Crippen LogP contribution in [0.5, 0.6) is 11.5 Å². The van der Waals surface area contributed by atoms with Crippen molar-refractivity contribution >= 4 is 22.6 Å². The fraction of sp³-hybridized carbons (Fsp3) is 0.125. The Morgan fingerprint density at radius 1 is 1.00 bits per heavy atom. The highest BCUT2D eigenvalue weighted by atomic mass is 127. The fourth-order valence-corrected chi connectivity index (χ4v) is 2.68. The third kappa shape index (κ3) is 2.78. The lowest BCUT2D eigenvalue weighted by Crippen LogP contribution is -1.91. The van der Waals surface area contributed by atoms with Crippen molar-refractivity contribution in [3.8, 4) is 34.3 Å². The Hall–Kier alpha value is -2.09. The zero-order chi connectivity index (χ0) is 15.5. The van der Waals surface area contributed by atoms with Gasteiger partial charge in [-0.25, -0.2) is 0 Å². The second-order valence-electron chi connectivity index (χ2n) is 4.47. The number of benzene rings is 2. The number of ether oxygens (including phenoxy) is 2. The van der Waals surface area contributed by atoms with Crippen molar-refractivity contribution in [3.05, 3.63) is 46.0 Å². The molecule has 3 aromatic rings. The Morgan fingerprint density at radius 2 is 1.77 bits per heavy atom. The van der Waals surface area contributed by atoms with E-state index in [1.165, 1.54) is 0 Å². The first-order valence-electron chi connectivity index (χ1n) is 6.54. The molecule has 112 valence electrons. The van der Waals surface area contributed by atoms with Crippen molar-refractivity contribution in [2.75, 3.05) is 14.2 Å². The normalized spacial score (nSPS) is 10.5. The molecule has 0 bridgehead atoms. The highest BCUT2D eigenvalue weighted by molar-refractivity contribution is 14.1. The summed E-state index contributed by atoms with van der Waals surface area (Å²) in [5.41, 5.74) is 1.72. The van der Waals surface area contributed by atoms with Gasteiger partial charge in [0.25, 0.3) is 5.89 Å². The van der Waals surface area contributed by atoms with Crippen LogP contribution in [0.15, 0.2) is 47.0 Å². The molecule has 0 atom stereocenters. The number of nitrogens with zero attached hydrogens (tertiary/aromatic N) is 2. The molecule has 5 nitrogen and oxygen atoms in total. The van der Waals surface area contributed by atoms with E-state index in [-0.39, 0.29) is 0 Å². The maximum absolute atomic E-state index is 5.38. The van der Waals surface area contributed by atoms with Gasteiger partial charge in [-0.05, 0) is 52.9 Å². The van der Waals surface area contributed by atoms with Crippen molar-refractivity contribution in [2.24, 2.45) is 0 Å².